The van der Waals surface area contributed by atoms with Crippen LogP contribution in [0.1, 0.15) is 62.0 Å². The Morgan fingerprint density at radius 2 is 2.00 bits per heavy atom. The Labute approximate surface area is 118 Å². The third kappa shape index (κ3) is 3.37. The van der Waals surface area contributed by atoms with Gasteiger partial charge in [-0.25, -0.2) is 9.48 Å². The topological polar surface area (TPSA) is 84.2 Å². The molecule has 1 aromatic rings. The molecular weight excluding hydrogens is 258 g/mol. The highest BCUT2D eigenvalue weighted by Gasteiger charge is 2.23. The summed E-state index contributed by atoms with van der Waals surface area (Å²) in [5.41, 5.74) is 0.309. The van der Waals surface area contributed by atoms with Gasteiger partial charge in [0.2, 0.25) is 0 Å². The standard InChI is InChI=1S/C14H21N3O3/c1-10(14(19)20)17-12(8-9-15-17)13(18)16-11-6-4-2-3-5-7-11/h8-11H,2-7H2,1H3,(H,16,18)(H,19,20). The molecule has 1 unspecified atom stereocenters. The molecule has 1 aromatic heterocycles. The number of carboxylic acids is 1. The fourth-order valence-electron chi connectivity index (χ4n) is 2.59. The van der Waals surface area contributed by atoms with Crippen molar-refractivity contribution in [3.05, 3.63) is 18.0 Å². The maximum absolute atomic E-state index is 12.3. The number of carboxylic acid groups (broad SMARTS) is 1. The van der Waals surface area contributed by atoms with Gasteiger partial charge in [-0.1, -0.05) is 25.7 Å². The zero-order valence-corrected chi connectivity index (χ0v) is 11.7. The molecule has 1 heterocycles. The number of nitrogens with zero attached hydrogens (tertiary/aromatic N) is 2. The lowest BCUT2D eigenvalue weighted by Gasteiger charge is -2.17. The van der Waals surface area contributed by atoms with Gasteiger partial charge in [0.15, 0.2) is 0 Å². The number of aromatic nitrogens is 2. The highest BCUT2D eigenvalue weighted by Crippen LogP contribution is 2.18. The summed E-state index contributed by atoms with van der Waals surface area (Å²) in [6, 6.07) is 0.902. The molecular formula is C14H21N3O3. The first-order valence-electron chi connectivity index (χ1n) is 7.17. The second-order valence-corrected chi connectivity index (χ2v) is 5.34. The van der Waals surface area contributed by atoms with Crippen molar-refractivity contribution in [1.29, 1.82) is 0 Å². The molecule has 0 aromatic carbocycles. The van der Waals surface area contributed by atoms with Crippen LogP contribution in [0.5, 0.6) is 0 Å². The summed E-state index contributed by atoms with van der Waals surface area (Å²) >= 11 is 0. The summed E-state index contributed by atoms with van der Waals surface area (Å²) in [5, 5.41) is 16.0. The quantitative estimate of drug-likeness (QED) is 0.825. The molecule has 0 spiro atoms. The number of aliphatic carboxylic acids is 1. The van der Waals surface area contributed by atoms with Crippen LogP contribution in [-0.2, 0) is 4.79 Å². The Balaban J connectivity index is 2.05. The van der Waals surface area contributed by atoms with Gasteiger partial charge in [-0.15, -0.1) is 0 Å². The first kappa shape index (κ1) is 14.6. The minimum atomic E-state index is -1.00. The molecule has 1 atom stereocenters. The number of amides is 1. The maximum atomic E-state index is 12.3. The van der Waals surface area contributed by atoms with E-state index in [0.29, 0.717) is 5.69 Å². The molecule has 0 saturated heterocycles. The minimum Gasteiger partial charge on any atom is -0.480 e. The number of carbonyl (C=O) groups is 2. The Kier molecular flexibility index (Phi) is 4.76. The molecule has 2 N–H and O–H groups in total. The van der Waals surface area contributed by atoms with Gasteiger partial charge in [-0.2, -0.15) is 5.10 Å². The van der Waals surface area contributed by atoms with Gasteiger partial charge < -0.3 is 10.4 Å². The molecule has 2 rings (SSSR count). The predicted octanol–water partition coefficient (Wildman–Crippen LogP) is 1.98. The third-order valence-corrected chi connectivity index (χ3v) is 3.82. The van der Waals surface area contributed by atoms with Crippen LogP contribution in [0.3, 0.4) is 0 Å². The van der Waals surface area contributed by atoms with Gasteiger partial charge in [-0.05, 0) is 25.8 Å². The molecule has 0 bridgehead atoms. The van der Waals surface area contributed by atoms with Crippen molar-refractivity contribution < 1.29 is 14.7 Å². The molecule has 6 heteroatoms. The van der Waals surface area contributed by atoms with Gasteiger partial charge >= 0.3 is 5.97 Å². The van der Waals surface area contributed by atoms with E-state index in [1.54, 1.807) is 6.07 Å². The average Bonchev–Trinajstić information content (AvgIpc) is 2.77. The van der Waals surface area contributed by atoms with E-state index < -0.39 is 12.0 Å². The highest BCUT2D eigenvalue weighted by atomic mass is 16.4. The largest absolute Gasteiger partial charge is 0.480 e. The summed E-state index contributed by atoms with van der Waals surface area (Å²) < 4.78 is 1.26. The zero-order chi connectivity index (χ0) is 14.5. The molecule has 1 fully saturated rings. The molecule has 6 nitrogen and oxygen atoms in total. The Morgan fingerprint density at radius 1 is 1.35 bits per heavy atom. The SMILES string of the molecule is CC(C(=O)O)n1nccc1C(=O)NC1CCCCCC1. The minimum absolute atomic E-state index is 0.188. The molecule has 110 valence electrons. The molecule has 1 aliphatic carbocycles. The predicted molar refractivity (Wildman–Crippen MR) is 73.5 cm³/mol. The average molecular weight is 279 g/mol. The summed E-state index contributed by atoms with van der Waals surface area (Å²) in [6.07, 6.45) is 8.16. The van der Waals surface area contributed by atoms with Crippen LogP contribution in [0.4, 0.5) is 0 Å². The molecule has 0 radical (unpaired) electrons. The van der Waals surface area contributed by atoms with Crippen molar-refractivity contribution in [2.45, 2.75) is 57.5 Å². The number of carbonyl (C=O) groups excluding carboxylic acids is 1. The van der Waals surface area contributed by atoms with Crippen molar-refractivity contribution in [2.75, 3.05) is 0 Å². The van der Waals surface area contributed by atoms with E-state index in [1.165, 1.54) is 30.6 Å². The summed E-state index contributed by atoms with van der Waals surface area (Å²) in [4.78, 5) is 23.3. The molecule has 1 saturated carbocycles. The molecule has 0 aliphatic heterocycles. The zero-order valence-electron chi connectivity index (χ0n) is 11.7. The normalized spacial score (nSPS) is 18.2. The van der Waals surface area contributed by atoms with Gasteiger partial charge in [-0.3, -0.25) is 4.79 Å². The lowest BCUT2D eigenvalue weighted by Crippen LogP contribution is -2.36. The van der Waals surface area contributed by atoms with E-state index in [0.717, 1.165) is 25.7 Å². The van der Waals surface area contributed by atoms with E-state index in [1.807, 2.05) is 0 Å². The van der Waals surface area contributed by atoms with E-state index in [9.17, 15) is 9.59 Å². The summed E-state index contributed by atoms with van der Waals surface area (Å²) in [6.45, 7) is 1.51. The summed E-state index contributed by atoms with van der Waals surface area (Å²) in [7, 11) is 0. The molecule has 1 aliphatic rings. The van der Waals surface area contributed by atoms with Crippen molar-refractivity contribution in [3.8, 4) is 0 Å². The number of hydrogen-bond acceptors (Lipinski definition) is 3. The van der Waals surface area contributed by atoms with Gasteiger partial charge in [0.1, 0.15) is 11.7 Å². The summed E-state index contributed by atoms with van der Waals surface area (Å²) in [5.74, 6) is -1.24. The Bertz CT molecular complexity index is 476. The van der Waals surface area contributed by atoms with E-state index in [4.69, 9.17) is 5.11 Å². The van der Waals surface area contributed by atoms with Crippen molar-refractivity contribution in [3.63, 3.8) is 0 Å². The van der Waals surface area contributed by atoms with E-state index in [2.05, 4.69) is 10.4 Å². The maximum Gasteiger partial charge on any atom is 0.328 e. The van der Waals surface area contributed by atoms with Crippen molar-refractivity contribution in [1.82, 2.24) is 15.1 Å². The Hall–Kier alpha value is -1.85. The van der Waals surface area contributed by atoms with Crippen LogP contribution in [0.15, 0.2) is 12.3 Å². The lowest BCUT2D eigenvalue weighted by atomic mass is 10.1. The first-order chi connectivity index (χ1) is 9.59. The van der Waals surface area contributed by atoms with Gasteiger partial charge in [0, 0.05) is 12.2 Å². The number of rotatable bonds is 4. The fraction of sp³-hybridized carbons (Fsp3) is 0.643. The monoisotopic (exact) mass is 279 g/mol. The lowest BCUT2D eigenvalue weighted by molar-refractivity contribution is -0.140. The molecule has 1 amide bonds. The Morgan fingerprint density at radius 3 is 2.60 bits per heavy atom. The van der Waals surface area contributed by atoms with Crippen LogP contribution < -0.4 is 5.32 Å². The van der Waals surface area contributed by atoms with E-state index in [-0.39, 0.29) is 11.9 Å². The third-order valence-electron chi connectivity index (χ3n) is 3.82. The number of nitrogens with one attached hydrogen (secondary N) is 1. The fourth-order valence-corrected chi connectivity index (χ4v) is 2.59. The highest BCUT2D eigenvalue weighted by molar-refractivity contribution is 5.93. The van der Waals surface area contributed by atoms with Crippen LogP contribution >= 0.6 is 0 Å². The second kappa shape index (κ2) is 6.54. The van der Waals surface area contributed by atoms with E-state index >= 15 is 0 Å². The molecule has 20 heavy (non-hydrogen) atoms. The van der Waals surface area contributed by atoms with Crippen LogP contribution in [0.25, 0.3) is 0 Å². The van der Waals surface area contributed by atoms with Crippen molar-refractivity contribution in [2.24, 2.45) is 0 Å². The van der Waals surface area contributed by atoms with Gasteiger partial charge in [0.05, 0.1) is 0 Å². The van der Waals surface area contributed by atoms with Crippen molar-refractivity contribution >= 4 is 11.9 Å². The second-order valence-electron chi connectivity index (χ2n) is 5.34. The van der Waals surface area contributed by atoms with Gasteiger partial charge in [0.25, 0.3) is 5.91 Å². The van der Waals surface area contributed by atoms with Crippen LogP contribution in [-0.4, -0.2) is 32.8 Å². The van der Waals surface area contributed by atoms with Crippen LogP contribution in [0, 0.1) is 0 Å². The first-order valence-corrected chi connectivity index (χ1v) is 7.17. The van der Waals surface area contributed by atoms with Crippen LogP contribution in [0.2, 0.25) is 0 Å². The number of hydrogen-bond donors (Lipinski definition) is 2. The smallest absolute Gasteiger partial charge is 0.328 e.